The molecule has 0 heterocycles. The average molecular weight is 647 g/mol. The third kappa shape index (κ3) is 24.0. The van der Waals surface area contributed by atoms with Gasteiger partial charge in [0.15, 0.2) is 11.6 Å². The van der Waals surface area contributed by atoms with Crippen LogP contribution in [0.25, 0.3) is 0 Å². The molecule has 10 heteroatoms. The minimum atomic E-state index is -4.44. The zero-order valence-electron chi connectivity index (χ0n) is 27.6. The summed E-state index contributed by atoms with van der Waals surface area (Å²) in [5, 5.41) is 0. The Morgan fingerprint density at radius 1 is 0.545 bits per heavy atom. The molecule has 0 rings (SSSR count). The fourth-order valence-electron chi connectivity index (χ4n) is 4.01. The molecule has 0 unspecified atom stereocenters. The Hall–Kier alpha value is -2.35. The topological polar surface area (TPSA) is 69.7 Å². The van der Waals surface area contributed by atoms with E-state index in [1.54, 1.807) is 13.8 Å². The molecule has 0 bridgehead atoms. The maximum Gasteiger partial charge on any atom is 0.369 e. The number of rotatable bonds is 22. The summed E-state index contributed by atoms with van der Waals surface area (Å²) < 4.78 is 76.1. The Labute approximate surface area is 262 Å². The van der Waals surface area contributed by atoms with Gasteiger partial charge in [-0.3, -0.25) is 14.2 Å². The molecule has 0 saturated heterocycles. The van der Waals surface area contributed by atoms with E-state index in [-0.39, 0.29) is 0 Å². The van der Waals surface area contributed by atoms with Crippen molar-refractivity contribution in [1.29, 1.82) is 0 Å². The monoisotopic (exact) mass is 646 g/mol. The lowest BCUT2D eigenvalue weighted by Gasteiger charge is -2.19. The molecule has 250 valence electrons. The fraction of sp³-hybridized carbons (Fsp3) is 0.588. The molecule has 0 aromatic rings. The summed E-state index contributed by atoms with van der Waals surface area (Å²) in [6, 6.07) is 0. The van der Waals surface area contributed by atoms with Gasteiger partial charge < -0.3 is 0 Å². The van der Waals surface area contributed by atoms with Crippen LogP contribution in [0.1, 0.15) is 120 Å². The first-order chi connectivity index (χ1) is 20.3. The van der Waals surface area contributed by atoms with Crippen molar-refractivity contribution in [2.45, 2.75) is 132 Å². The van der Waals surface area contributed by atoms with Crippen molar-refractivity contribution < 1.29 is 40.8 Å². The molecule has 5 nitrogen and oxygen atoms in total. The van der Waals surface area contributed by atoms with Crippen LogP contribution in [0, 0.1) is 0 Å². The Bertz CT molecular complexity index is 1060. The summed E-state index contributed by atoms with van der Waals surface area (Å²) in [6.07, 6.45) is 4.67. The zero-order valence-corrected chi connectivity index (χ0v) is 28.6. The molecule has 0 aromatic heterocycles. The summed E-state index contributed by atoms with van der Waals surface area (Å²) in [5.41, 5.74) is 5.96. The van der Waals surface area contributed by atoms with Crippen LogP contribution in [-0.2, 0) is 23.2 Å². The first-order valence-corrected chi connectivity index (χ1v) is 16.2. The Morgan fingerprint density at radius 3 is 1.16 bits per heavy atom. The summed E-state index contributed by atoms with van der Waals surface area (Å²) >= 11 is 0. The largest absolute Gasteiger partial charge is 0.369 e. The highest BCUT2D eigenvalue weighted by Crippen LogP contribution is 2.41. The van der Waals surface area contributed by atoms with Crippen molar-refractivity contribution >= 4 is 19.8 Å². The summed E-state index contributed by atoms with van der Waals surface area (Å²) in [7, 11) is -4.44. The molecule has 0 N–H and O–H groups in total. The minimum absolute atomic E-state index is 0.471. The van der Waals surface area contributed by atoms with Gasteiger partial charge in [0.1, 0.15) is 12.8 Å². The summed E-state index contributed by atoms with van der Waals surface area (Å²) in [5.74, 6) is -2.01. The lowest BCUT2D eigenvalue weighted by atomic mass is 10.1. The van der Waals surface area contributed by atoms with E-state index in [4.69, 9.17) is 0 Å². The second-order valence-electron chi connectivity index (χ2n) is 11.8. The Morgan fingerprint density at radius 2 is 0.841 bits per heavy atom. The minimum Gasteiger partial charge on any atom is -0.295 e. The van der Waals surface area contributed by atoms with Crippen molar-refractivity contribution in [3.05, 3.63) is 69.9 Å². The van der Waals surface area contributed by atoms with Crippen molar-refractivity contribution in [1.82, 2.24) is 0 Å². The van der Waals surface area contributed by atoms with Gasteiger partial charge in [0.25, 0.3) is 0 Å². The van der Waals surface area contributed by atoms with E-state index in [0.29, 0.717) is 36.8 Å². The molecule has 0 aliphatic rings. The third-order valence-corrected chi connectivity index (χ3v) is 7.22. The van der Waals surface area contributed by atoms with E-state index in [2.05, 4.69) is 21.2 Å². The van der Waals surface area contributed by atoms with Gasteiger partial charge in [0.05, 0.1) is 0 Å². The van der Waals surface area contributed by atoms with Crippen molar-refractivity contribution in [3.8, 4) is 0 Å². The van der Waals surface area contributed by atoms with E-state index >= 15 is 0 Å². The molecule has 0 radical (unpaired) electrons. The molecule has 0 amide bonds. The first kappa shape index (κ1) is 41.7. The predicted molar refractivity (Wildman–Crippen MR) is 171 cm³/mol. The van der Waals surface area contributed by atoms with Crippen LogP contribution in [0.15, 0.2) is 69.9 Å². The summed E-state index contributed by atoms with van der Waals surface area (Å²) in [4.78, 5) is 24.1. The van der Waals surface area contributed by atoms with Gasteiger partial charge in [-0.1, -0.05) is 57.7 Å². The van der Waals surface area contributed by atoms with Gasteiger partial charge in [-0.2, -0.15) is 17.6 Å². The van der Waals surface area contributed by atoms with Crippen LogP contribution in [0.3, 0.4) is 0 Å². The predicted octanol–water partition coefficient (Wildman–Crippen LogP) is 11.4. The molecular weight excluding hydrogens is 595 g/mol. The van der Waals surface area contributed by atoms with E-state index in [9.17, 15) is 31.7 Å². The number of halogens is 4. The average Bonchev–Trinajstić information content (AvgIpc) is 2.81. The van der Waals surface area contributed by atoms with Gasteiger partial charge in [-0.25, -0.2) is 9.05 Å². The number of ketones is 2. The number of hydrogen-bond donors (Lipinski definition) is 0. The van der Waals surface area contributed by atoms with Gasteiger partial charge in [0.2, 0.25) is 0 Å². The first-order valence-electron chi connectivity index (χ1n) is 15.0. The smallest absolute Gasteiger partial charge is 0.295 e. The van der Waals surface area contributed by atoms with Gasteiger partial charge in [0, 0.05) is 0 Å². The SMILES string of the molecule is CC(C)=CCCC(C)=CCCC(C)=CC(=O)CC(F)(F)O[PH](=O)OC(F)(F)CC(=O)C=C(C)CCC=C(C)CCC=C(C)C. The molecule has 0 aliphatic heterocycles. The highest BCUT2D eigenvalue weighted by atomic mass is 31.1. The molecule has 0 aromatic carbocycles. The van der Waals surface area contributed by atoms with Gasteiger partial charge >= 0.3 is 20.5 Å². The normalized spacial score (nSPS) is 14.4. The Balaban J connectivity index is 4.76. The highest BCUT2D eigenvalue weighted by Gasteiger charge is 2.40. The number of allylic oxidation sites excluding steroid dienone is 12. The molecule has 0 atom stereocenters. The fourth-order valence-corrected chi connectivity index (χ4v) is 4.69. The van der Waals surface area contributed by atoms with E-state index < -0.39 is 44.9 Å². The van der Waals surface area contributed by atoms with Crippen molar-refractivity contribution in [3.63, 3.8) is 0 Å². The lowest BCUT2D eigenvalue weighted by Crippen LogP contribution is -2.25. The van der Waals surface area contributed by atoms with Crippen molar-refractivity contribution in [2.24, 2.45) is 0 Å². The quantitative estimate of drug-likeness (QED) is 0.0507. The number of carbonyl (C=O) groups is 2. The van der Waals surface area contributed by atoms with Crippen LogP contribution in [-0.4, -0.2) is 23.8 Å². The summed E-state index contributed by atoms with van der Waals surface area (Å²) in [6.45, 7) is 15.3. The Kier molecular flexibility index (Phi) is 20.3. The van der Waals surface area contributed by atoms with Crippen LogP contribution >= 0.6 is 8.25 Å². The molecule has 0 saturated carbocycles. The number of alkyl halides is 4. The van der Waals surface area contributed by atoms with E-state index in [1.165, 1.54) is 22.3 Å². The van der Waals surface area contributed by atoms with Crippen LogP contribution in [0.2, 0.25) is 0 Å². The van der Waals surface area contributed by atoms with Crippen molar-refractivity contribution in [2.75, 3.05) is 0 Å². The zero-order chi connectivity index (χ0) is 33.9. The maximum atomic E-state index is 14.1. The second-order valence-corrected chi connectivity index (χ2v) is 12.7. The van der Waals surface area contributed by atoms with Crippen LogP contribution in [0.4, 0.5) is 17.6 Å². The number of carbonyl (C=O) groups excluding carboxylic acids is 2. The third-order valence-electron chi connectivity index (χ3n) is 6.29. The molecular formula is C34H51F4O5P. The molecule has 0 spiro atoms. The number of hydrogen-bond acceptors (Lipinski definition) is 5. The van der Waals surface area contributed by atoms with Gasteiger partial charge in [-0.05, 0) is 119 Å². The standard InChI is InChI=1S/C34H51F4O5P/c1-25(2)13-9-15-27(5)17-11-19-29(7)21-31(39)23-33(35,36)42-44(41)43-34(37,38)24-32(40)22-30(8)20-12-18-28(6)16-10-14-26(3)4/h13-14,17-18,21-22,44H,9-12,15-16,19-20,23-24H2,1-8H3. The van der Waals surface area contributed by atoms with E-state index in [1.807, 2.05) is 53.7 Å². The van der Waals surface area contributed by atoms with Crippen LogP contribution < -0.4 is 0 Å². The highest BCUT2D eigenvalue weighted by molar-refractivity contribution is 7.33. The second kappa shape index (κ2) is 21.4. The lowest BCUT2D eigenvalue weighted by molar-refractivity contribution is -0.211. The maximum absolute atomic E-state index is 14.1. The van der Waals surface area contributed by atoms with Gasteiger partial charge in [-0.15, -0.1) is 0 Å². The van der Waals surface area contributed by atoms with Crippen LogP contribution in [0.5, 0.6) is 0 Å². The van der Waals surface area contributed by atoms with E-state index in [0.717, 1.165) is 37.8 Å². The molecule has 44 heavy (non-hydrogen) atoms. The molecule has 0 fully saturated rings. The molecule has 0 aliphatic carbocycles.